The van der Waals surface area contributed by atoms with E-state index in [9.17, 15) is 19.8 Å². The van der Waals surface area contributed by atoms with Crippen LogP contribution >= 0.6 is 11.6 Å². The quantitative estimate of drug-likeness (QED) is 0.268. The van der Waals surface area contributed by atoms with Crippen molar-refractivity contribution in [3.63, 3.8) is 0 Å². The van der Waals surface area contributed by atoms with Crippen molar-refractivity contribution < 1.29 is 34.4 Å². The van der Waals surface area contributed by atoms with Gasteiger partial charge in [0.25, 0.3) is 5.91 Å². The number of fused-ring (bicyclic) bond motifs is 1. The molecule has 2 unspecified atom stereocenters. The highest BCUT2D eigenvalue weighted by Gasteiger charge is 2.39. The van der Waals surface area contributed by atoms with Crippen LogP contribution in [0.25, 0.3) is 0 Å². The molecule has 214 valence electrons. The van der Waals surface area contributed by atoms with Crippen LogP contribution in [0.2, 0.25) is 5.02 Å². The molecule has 0 saturated carbocycles. The molecule has 0 aliphatic carbocycles. The summed E-state index contributed by atoms with van der Waals surface area (Å²) in [6.45, 7) is 13.4. The van der Waals surface area contributed by atoms with Crippen molar-refractivity contribution in [2.24, 2.45) is 11.3 Å². The number of hydrogen-bond acceptors (Lipinski definition) is 6. The van der Waals surface area contributed by atoms with E-state index < -0.39 is 23.6 Å². The molecule has 3 atom stereocenters. The van der Waals surface area contributed by atoms with E-state index in [-0.39, 0.29) is 43.7 Å². The molecule has 1 aliphatic rings. The third kappa shape index (κ3) is 8.44. The SMILES string of the molecule is C=C(CO)OC.C=CC(C)C1O[C@H](CCn2cccc2C(=O)O)C(=O)N(CC(C)(C)CO)c2ccc(Cl)cc21. The van der Waals surface area contributed by atoms with Gasteiger partial charge in [-0.1, -0.05) is 45.0 Å². The second-order valence-corrected chi connectivity index (χ2v) is 10.6. The summed E-state index contributed by atoms with van der Waals surface area (Å²) in [6.07, 6.45) is 2.46. The third-order valence-electron chi connectivity index (χ3n) is 6.45. The molecular weight excluding hydrogens is 524 g/mol. The van der Waals surface area contributed by atoms with Crippen molar-refractivity contribution in [3.8, 4) is 0 Å². The Morgan fingerprint density at radius 3 is 2.54 bits per heavy atom. The summed E-state index contributed by atoms with van der Waals surface area (Å²) in [6, 6.07) is 8.54. The lowest BCUT2D eigenvalue weighted by atomic mass is 9.92. The molecule has 10 heteroatoms. The fraction of sp³-hybridized carbons (Fsp3) is 0.448. The number of amides is 1. The number of aromatic nitrogens is 1. The highest BCUT2D eigenvalue weighted by atomic mass is 35.5. The molecule has 9 nitrogen and oxygen atoms in total. The first kappa shape index (κ1) is 32.1. The van der Waals surface area contributed by atoms with Crippen LogP contribution in [0.5, 0.6) is 0 Å². The van der Waals surface area contributed by atoms with E-state index in [0.29, 0.717) is 23.0 Å². The Morgan fingerprint density at radius 1 is 1.31 bits per heavy atom. The summed E-state index contributed by atoms with van der Waals surface area (Å²) in [7, 11) is 1.47. The Labute approximate surface area is 234 Å². The minimum Gasteiger partial charge on any atom is -0.499 e. The van der Waals surface area contributed by atoms with Gasteiger partial charge >= 0.3 is 5.97 Å². The van der Waals surface area contributed by atoms with Gasteiger partial charge in [0.2, 0.25) is 0 Å². The molecule has 0 spiro atoms. The smallest absolute Gasteiger partial charge is 0.352 e. The molecule has 1 aromatic carbocycles. The number of aliphatic hydroxyl groups is 2. The van der Waals surface area contributed by atoms with Gasteiger partial charge in [-0.25, -0.2) is 4.79 Å². The number of ether oxygens (including phenoxy) is 2. The average molecular weight is 563 g/mol. The highest BCUT2D eigenvalue weighted by Crippen LogP contribution is 2.41. The van der Waals surface area contributed by atoms with Crippen LogP contribution in [0, 0.1) is 11.3 Å². The zero-order valence-electron chi connectivity index (χ0n) is 23.0. The molecule has 3 N–H and O–H groups in total. The first-order valence-electron chi connectivity index (χ1n) is 12.6. The summed E-state index contributed by atoms with van der Waals surface area (Å²) in [5.41, 5.74) is 1.09. The van der Waals surface area contributed by atoms with Crippen LogP contribution in [0.4, 0.5) is 5.69 Å². The molecule has 0 radical (unpaired) electrons. The van der Waals surface area contributed by atoms with Crippen molar-refractivity contribution in [1.29, 1.82) is 0 Å². The van der Waals surface area contributed by atoms with Gasteiger partial charge in [0.05, 0.1) is 19.8 Å². The van der Waals surface area contributed by atoms with E-state index in [4.69, 9.17) is 21.4 Å². The number of halogens is 1. The van der Waals surface area contributed by atoms with Crippen LogP contribution in [-0.4, -0.2) is 64.7 Å². The molecule has 0 bridgehead atoms. The lowest BCUT2D eigenvalue weighted by Gasteiger charge is -2.32. The number of carboxylic acid groups (broad SMARTS) is 1. The molecule has 1 amide bonds. The van der Waals surface area contributed by atoms with Gasteiger partial charge in [-0.2, -0.15) is 0 Å². The number of rotatable bonds is 11. The summed E-state index contributed by atoms with van der Waals surface area (Å²) < 4.78 is 12.4. The predicted octanol–water partition coefficient (Wildman–Crippen LogP) is 4.68. The Bertz CT molecular complexity index is 1150. The second-order valence-electron chi connectivity index (χ2n) is 10.2. The van der Waals surface area contributed by atoms with Crippen LogP contribution < -0.4 is 4.90 Å². The Morgan fingerprint density at radius 2 is 2.00 bits per heavy atom. The number of aliphatic hydroxyl groups excluding tert-OH is 2. The zero-order valence-corrected chi connectivity index (χ0v) is 23.7. The van der Waals surface area contributed by atoms with Crippen molar-refractivity contribution >= 4 is 29.2 Å². The lowest BCUT2D eigenvalue weighted by Crippen LogP contribution is -2.45. The van der Waals surface area contributed by atoms with Gasteiger partial charge in [-0.15, -0.1) is 6.58 Å². The van der Waals surface area contributed by atoms with Crippen LogP contribution in [0.15, 0.2) is 61.5 Å². The summed E-state index contributed by atoms with van der Waals surface area (Å²) in [5.74, 6) is -0.970. The number of methoxy groups -OCH3 is 1. The van der Waals surface area contributed by atoms with Gasteiger partial charge < -0.3 is 34.3 Å². The maximum Gasteiger partial charge on any atom is 0.352 e. The van der Waals surface area contributed by atoms with Crippen molar-refractivity contribution in [2.75, 3.05) is 31.8 Å². The van der Waals surface area contributed by atoms with Crippen LogP contribution in [0.3, 0.4) is 0 Å². The number of anilines is 1. The zero-order chi connectivity index (χ0) is 29.3. The van der Waals surface area contributed by atoms with E-state index in [1.807, 2.05) is 32.9 Å². The largest absolute Gasteiger partial charge is 0.499 e. The Hall–Kier alpha value is -3.11. The van der Waals surface area contributed by atoms with Crippen molar-refractivity contribution in [3.05, 3.63) is 77.8 Å². The van der Waals surface area contributed by atoms with E-state index >= 15 is 0 Å². The monoisotopic (exact) mass is 562 g/mol. The van der Waals surface area contributed by atoms with E-state index in [2.05, 4.69) is 17.9 Å². The molecular formula is C29H39ClN2O7. The number of aromatic carboxylic acids is 1. The lowest BCUT2D eigenvalue weighted by molar-refractivity contribution is -0.135. The third-order valence-corrected chi connectivity index (χ3v) is 6.68. The minimum atomic E-state index is -1.03. The standard InChI is InChI=1S/C25H31ClN2O5.C4H8O2/c1-5-16(2)22-18-13-17(26)8-9-19(18)28(14-25(3,4)15-29)23(30)21(33-22)10-12-27-11-6-7-20(27)24(31)32;1-4(3-5)6-2/h5-9,11,13,16,21-22,29H,1,10,12,14-15H2,2-4H3,(H,31,32);5H,1,3H2,2H3/t16?,21-,22?;/m1./s1. The molecule has 2 heterocycles. The van der Waals surface area contributed by atoms with Gasteiger partial charge in [-0.05, 0) is 30.3 Å². The maximum atomic E-state index is 13.8. The van der Waals surface area contributed by atoms with E-state index in [1.165, 1.54) is 13.2 Å². The van der Waals surface area contributed by atoms with Gasteiger partial charge in [0.1, 0.15) is 17.6 Å². The molecule has 39 heavy (non-hydrogen) atoms. The first-order chi connectivity index (χ1) is 18.4. The van der Waals surface area contributed by atoms with Gasteiger partial charge in [-0.3, -0.25) is 4.79 Å². The minimum absolute atomic E-state index is 0.0868. The number of aryl methyl sites for hydroxylation is 1. The summed E-state index contributed by atoms with van der Waals surface area (Å²) >= 11 is 6.32. The molecule has 0 fully saturated rings. The number of nitrogens with zero attached hydrogens (tertiary/aromatic N) is 2. The average Bonchev–Trinajstić information content (AvgIpc) is 3.36. The fourth-order valence-electron chi connectivity index (χ4n) is 4.09. The summed E-state index contributed by atoms with van der Waals surface area (Å²) in [4.78, 5) is 26.9. The summed E-state index contributed by atoms with van der Waals surface area (Å²) in [5, 5.41) is 27.9. The molecule has 1 aliphatic heterocycles. The topological polar surface area (TPSA) is 121 Å². The molecule has 0 saturated heterocycles. The predicted molar refractivity (Wildman–Crippen MR) is 151 cm³/mol. The van der Waals surface area contributed by atoms with Gasteiger partial charge in [0, 0.05) is 59.9 Å². The normalized spacial score (nSPS) is 17.8. The number of benzene rings is 1. The van der Waals surface area contributed by atoms with Crippen LogP contribution in [0.1, 0.15) is 49.3 Å². The Balaban J connectivity index is 0.000000798. The molecule has 1 aromatic heterocycles. The van der Waals surface area contributed by atoms with Crippen LogP contribution in [-0.2, 0) is 20.8 Å². The molecule has 2 aromatic rings. The van der Waals surface area contributed by atoms with Crippen molar-refractivity contribution in [2.45, 2.75) is 45.9 Å². The van der Waals surface area contributed by atoms with Crippen molar-refractivity contribution in [1.82, 2.24) is 4.57 Å². The highest BCUT2D eigenvalue weighted by molar-refractivity contribution is 6.30. The van der Waals surface area contributed by atoms with E-state index in [1.54, 1.807) is 33.9 Å². The number of carbonyl (C=O) groups excluding carboxylic acids is 1. The number of hydrogen-bond donors (Lipinski definition) is 3. The molecule has 3 rings (SSSR count). The first-order valence-corrected chi connectivity index (χ1v) is 13.0. The Kier molecular flexibility index (Phi) is 11.8. The van der Waals surface area contributed by atoms with Gasteiger partial charge in [0.15, 0.2) is 0 Å². The number of carboxylic acids is 1. The second kappa shape index (κ2) is 14.3. The van der Waals surface area contributed by atoms with E-state index in [0.717, 1.165) is 5.56 Å². The number of carbonyl (C=O) groups is 2. The maximum absolute atomic E-state index is 13.8. The fourth-order valence-corrected chi connectivity index (χ4v) is 4.27.